The van der Waals surface area contributed by atoms with Crippen LogP contribution in [0, 0.1) is 11.2 Å². The summed E-state index contributed by atoms with van der Waals surface area (Å²) in [6.45, 7) is 7.24. The maximum absolute atomic E-state index is 13.2. The zero-order valence-corrected chi connectivity index (χ0v) is 14.9. The van der Waals surface area contributed by atoms with Gasteiger partial charge in [-0.3, -0.25) is 9.59 Å². The van der Waals surface area contributed by atoms with Crippen LogP contribution in [0.15, 0.2) is 48.5 Å². The van der Waals surface area contributed by atoms with Gasteiger partial charge in [-0.15, -0.1) is 0 Å². The smallest absolute Gasteiger partial charge is 0.239 e. The second kappa shape index (κ2) is 7.47. The van der Waals surface area contributed by atoms with Crippen LogP contribution in [0.3, 0.4) is 0 Å². The highest BCUT2D eigenvalue weighted by Gasteiger charge is 2.36. The Morgan fingerprint density at radius 2 is 1.48 bits per heavy atom. The topological polar surface area (TPSA) is 58.2 Å². The van der Waals surface area contributed by atoms with Crippen LogP contribution in [0.1, 0.15) is 39.2 Å². The monoisotopic (exact) mass is 342 g/mol. The third kappa shape index (κ3) is 4.66. The van der Waals surface area contributed by atoms with E-state index in [-0.39, 0.29) is 0 Å². The molecule has 2 N–H and O–H groups in total. The van der Waals surface area contributed by atoms with Gasteiger partial charge in [-0.05, 0) is 55.7 Å². The van der Waals surface area contributed by atoms with E-state index in [2.05, 4.69) is 24.5 Å². The van der Waals surface area contributed by atoms with Crippen molar-refractivity contribution in [3.05, 3.63) is 59.9 Å². The predicted molar refractivity (Wildman–Crippen MR) is 98.0 cm³/mol. The van der Waals surface area contributed by atoms with E-state index in [0.717, 1.165) is 0 Å². The van der Waals surface area contributed by atoms with Gasteiger partial charge in [0.05, 0.1) is 0 Å². The highest BCUT2D eigenvalue weighted by molar-refractivity contribution is 6.13. The molecule has 0 spiro atoms. The Hall–Kier alpha value is -2.69. The van der Waals surface area contributed by atoms with Crippen LogP contribution in [-0.2, 0) is 9.59 Å². The molecular weight excluding hydrogens is 319 g/mol. The van der Waals surface area contributed by atoms with Crippen molar-refractivity contribution in [3.63, 3.8) is 0 Å². The molecule has 0 aliphatic carbocycles. The number of rotatable bonds is 5. The number of carbonyl (C=O) groups excluding carboxylic acids is 2. The number of amides is 2. The SMILES string of the molecule is CC(C)c1ccc(NC(=O)C(C)(C)C(=O)Nc2cccc(F)c2)cc1. The van der Waals surface area contributed by atoms with E-state index in [4.69, 9.17) is 0 Å². The highest BCUT2D eigenvalue weighted by Crippen LogP contribution is 2.23. The van der Waals surface area contributed by atoms with Crippen LogP contribution in [0.5, 0.6) is 0 Å². The molecule has 4 nitrogen and oxygen atoms in total. The lowest BCUT2D eigenvalue weighted by molar-refractivity contribution is -0.135. The van der Waals surface area contributed by atoms with Crippen molar-refractivity contribution < 1.29 is 14.0 Å². The van der Waals surface area contributed by atoms with Gasteiger partial charge in [-0.2, -0.15) is 0 Å². The summed E-state index contributed by atoms with van der Waals surface area (Å²) in [5.41, 5.74) is 0.789. The fourth-order valence-corrected chi connectivity index (χ4v) is 2.20. The van der Waals surface area contributed by atoms with Crippen LogP contribution < -0.4 is 10.6 Å². The molecule has 0 heterocycles. The van der Waals surface area contributed by atoms with Gasteiger partial charge in [0.1, 0.15) is 11.2 Å². The second-order valence-corrected chi connectivity index (χ2v) is 6.82. The minimum absolute atomic E-state index is 0.312. The predicted octanol–water partition coefficient (Wildman–Crippen LogP) is 4.55. The van der Waals surface area contributed by atoms with Gasteiger partial charge in [0, 0.05) is 11.4 Å². The van der Waals surface area contributed by atoms with Gasteiger partial charge in [0.15, 0.2) is 0 Å². The zero-order valence-electron chi connectivity index (χ0n) is 14.9. The second-order valence-electron chi connectivity index (χ2n) is 6.82. The van der Waals surface area contributed by atoms with Crippen molar-refractivity contribution in [1.82, 2.24) is 0 Å². The van der Waals surface area contributed by atoms with Crippen molar-refractivity contribution in [2.45, 2.75) is 33.6 Å². The van der Waals surface area contributed by atoms with Crippen LogP contribution >= 0.6 is 0 Å². The Bertz CT molecular complexity index is 768. The van der Waals surface area contributed by atoms with Gasteiger partial charge in [0.2, 0.25) is 11.8 Å². The molecule has 0 radical (unpaired) electrons. The summed E-state index contributed by atoms with van der Waals surface area (Å²) in [5.74, 6) is -0.989. The Morgan fingerprint density at radius 1 is 0.920 bits per heavy atom. The lowest BCUT2D eigenvalue weighted by Crippen LogP contribution is -2.41. The van der Waals surface area contributed by atoms with Gasteiger partial charge >= 0.3 is 0 Å². The number of nitrogens with one attached hydrogen (secondary N) is 2. The third-order valence-corrected chi connectivity index (χ3v) is 4.05. The Kier molecular flexibility index (Phi) is 5.57. The molecule has 2 aromatic rings. The molecule has 0 unspecified atom stereocenters. The molecular formula is C20H23FN2O2. The molecule has 0 aliphatic rings. The average molecular weight is 342 g/mol. The molecule has 2 rings (SSSR count). The van der Waals surface area contributed by atoms with E-state index in [0.29, 0.717) is 17.3 Å². The molecule has 5 heteroatoms. The summed E-state index contributed by atoms with van der Waals surface area (Å²) < 4.78 is 13.2. The Morgan fingerprint density at radius 3 is 2.00 bits per heavy atom. The number of halogens is 1. The maximum Gasteiger partial charge on any atom is 0.239 e. The first-order valence-electron chi connectivity index (χ1n) is 8.18. The van der Waals surface area contributed by atoms with Gasteiger partial charge in [0.25, 0.3) is 0 Å². The van der Waals surface area contributed by atoms with Crippen molar-refractivity contribution in [1.29, 1.82) is 0 Å². The zero-order chi connectivity index (χ0) is 18.6. The van der Waals surface area contributed by atoms with Crippen molar-refractivity contribution in [2.75, 3.05) is 10.6 Å². The van der Waals surface area contributed by atoms with Crippen molar-refractivity contribution in [3.8, 4) is 0 Å². The molecule has 2 amide bonds. The average Bonchev–Trinajstić information content (AvgIpc) is 2.55. The van der Waals surface area contributed by atoms with Crippen LogP contribution in [0.4, 0.5) is 15.8 Å². The maximum atomic E-state index is 13.2. The van der Waals surface area contributed by atoms with Gasteiger partial charge in [-0.1, -0.05) is 32.0 Å². The summed E-state index contributed by atoms with van der Waals surface area (Å²) in [6, 6.07) is 13.1. The van der Waals surface area contributed by atoms with Crippen LogP contribution in [-0.4, -0.2) is 11.8 Å². The Labute approximate surface area is 147 Å². The number of benzene rings is 2. The number of hydrogen-bond donors (Lipinski definition) is 2. The van der Waals surface area contributed by atoms with Gasteiger partial charge in [-0.25, -0.2) is 4.39 Å². The molecule has 0 fully saturated rings. The lowest BCUT2D eigenvalue weighted by Gasteiger charge is -2.23. The summed E-state index contributed by atoms with van der Waals surface area (Å²) in [7, 11) is 0. The van der Waals surface area contributed by atoms with E-state index in [1.807, 2.05) is 24.3 Å². The van der Waals surface area contributed by atoms with Crippen molar-refractivity contribution in [2.24, 2.45) is 5.41 Å². The fraction of sp³-hybridized carbons (Fsp3) is 0.300. The van der Waals surface area contributed by atoms with E-state index < -0.39 is 23.0 Å². The summed E-state index contributed by atoms with van der Waals surface area (Å²) in [6.07, 6.45) is 0. The number of carbonyl (C=O) groups is 2. The molecule has 132 valence electrons. The van der Waals surface area contributed by atoms with Gasteiger partial charge < -0.3 is 10.6 Å². The summed E-state index contributed by atoms with van der Waals surface area (Å²) >= 11 is 0. The molecule has 0 saturated carbocycles. The Balaban J connectivity index is 2.06. The number of hydrogen-bond acceptors (Lipinski definition) is 2. The van der Waals surface area contributed by atoms with Crippen molar-refractivity contribution >= 4 is 23.2 Å². The molecule has 25 heavy (non-hydrogen) atoms. The first-order chi connectivity index (χ1) is 11.7. The third-order valence-electron chi connectivity index (χ3n) is 4.05. The van der Waals surface area contributed by atoms with E-state index in [9.17, 15) is 14.0 Å². The molecule has 0 atom stereocenters. The van der Waals surface area contributed by atoms with E-state index >= 15 is 0 Å². The minimum Gasteiger partial charge on any atom is -0.325 e. The molecule has 0 aromatic heterocycles. The van der Waals surface area contributed by atoms with E-state index in [1.165, 1.54) is 37.6 Å². The molecule has 2 aromatic carbocycles. The normalized spacial score (nSPS) is 11.3. The van der Waals surface area contributed by atoms with Crippen LogP contribution in [0.25, 0.3) is 0 Å². The lowest BCUT2D eigenvalue weighted by atomic mass is 9.90. The van der Waals surface area contributed by atoms with Crippen LogP contribution in [0.2, 0.25) is 0 Å². The fourth-order valence-electron chi connectivity index (χ4n) is 2.20. The minimum atomic E-state index is -1.32. The molecule has 0 bridgehead atoms. The highest BCUT2D eigenvalue weighted by atomic mass is 19.1. The first kappa shape index (κ1) is 18.6. The summed E-state index contributed by atoms with van der Waals surface area (Å²) in [5, 5.41) is 5.33. The number of anilines is 2. The molecule has 0 aliphatic heterocycles. The standard InChI is InChI=1S/C20H23FN2O2/c1-13(2)14-8-10-16(11-9-14)22-18(24)20(3,4)19(25)23-17-7-5-6-15(21)12-17/h5-13H,1-4H3,(H,22,24)(H,23,25). The molecule has 0 saturated heterocycles. The quantitative estimate of drug-likeness (QED) is 0.783. The largest absolute Gasteiger partial charge is 0.325 e. The summed E-state index contributed by atoms with van der Waals surface area (Å²) in [4.78, 5) is 24.9. The van der Waals surface area contributed by atoms with E-state index in [1.54, 1.807) is 6.07 Å². The first-order valence-corrected chi connectivity index (χ1v) is 8.18.